The molecule has 0 saturated carbocycles. The molecule has 0 aromatic rings. The number of unbranched alkanes of at least 4 members (excludes halogenated alkanes) is 16. The fourth-order valence-electron chi connectivity index (χ4n) is 4.96. The van der Waals surface area contributed by atoms with E-state index in [4.69, 9.17) is 24.8 Å². The van der Waals surface area contributed by atoms with Crippen LogP contribution in [-0.4, -0.2) is 59.9 Å². The van der Waals surface area contributed by atoms with Gasteiger partial charge in [-0.25, -0.2) is 4.57 Å². The average molecular weight is 744 g/mol. The average Bonchev–Trinajstić information content (AvgIpc) is 3.10. The third-order valence-corrected chi connectivity index (χ3v) is 9.06. The van der Waals surface area contributed by atoms with E-state index in [0.29, 0.717) is 12.8 Å². The molecule has 11 nitrogen and oxygen atoms in total. The Morgan fingerprint density at radius 1 is 0.608 bits per heavy atom. The van der Waals surface area contributed by atoms with Gasteiger partial charge in [0, 0.05) is 12.8 Å². The number of aliphatic carboxylic acids is 1. The molecule has 3 atom stereocenters. The van der Waals surface area contributed by atoms with E-state index < -0.39 is 51.1 Å². The largest absolute Gasteiger partial charge is 0.480 e. The van der Waals surface area contributed by atoms with Gasteiger partial charge in [0.15, 0.2) is 6.10 Å². The molecule has 0 aliphatic carbocycles. The van der Waals surface area contributed by atoms with Crippen molar-refractivity contribution in [2.24, 2.45) is 5.73 Å². The number of carboxylic acid groups (broad SMARTS) is 1. The van der Waals surface area contributed by atoms with E-state index in [9.17, 15) is 23.8 Å². The summed E-state index contributed by atoms with van der Waals surface area (Å²) in [6, 6.07) is -1.52. The second-order valence-electron chi connectivity index (χ2n) is 13.1. The summed E-state index contributed by atoms with van der Waals surface area (Å²) < 4.78 is 32.5. The lowest BCUT2D eigenvalue weighted by molar-refractivity contribution is -0.161. The molecular weight excluding hydrogens is 673 g/mol. The maximum Gasteiger partial charge on any atom is 0.472 e. The second kappa shape index (κ2) is 34.8. The van der Waals surface area contributed by atoms with Crippen molar-refractivity contribution in [1.29, 1.82) is 0 Å². The van der Waals surface area contributed by atoms with E-state index in [1.165, 1.54) is 38.5 Å². The molecule has 0 aromatic carbocycles. The number of hydrogen-bond donors (Lipinski definition) is 3. The molecule has 51 heavy (non-hydrogen) atoms. The Morgan fingerprint density at radius 3 is 1.61 bits per heavy atom. The number of hydrogen-bond acceptors (Lipinski definition) is 9. The Balaban J connectivity index is 4.47. The minimum atomic E-state index is -4.71. The Labute approximate surface area is 308 Å². The smallest absolute Gasteiger partial charge is 0.472 e. The van der Waals surface area contributed by atoms with E-state index in [1.54, 1.807) is 0 Å². The Hall–Kier alpha value is -2.30. The number of carbonyl (C=O) groups is 3. The molecule has 0 saturated heterocycles. The van der Waals surface area contributed by atoms with Gasteiger partial charge >= 0.3 is 25.7 Å². The van der Waals surface area contributed by atoms with Crippen LogP contribution in [0, 0.1) is 0 Å². The Kier molecular flexibility index (Phi) is 33.2. The van der Waals surface area contributed by atoms with Crippen molar-refractivity contribution in [2.75, 3.05) is 19.8 Å². The number of phosphoric ester groups is 1. The fraction of sp³-hybridized carbons (Fsp3) is 0.769. The lowest BCUT2D eigenvalue weighted by Gasteiger charge is -2.20. The number of ether oxygens (including phenoxy) is 2. The molecule has 0 aromatic heterocycles. The Morgan fingerprint density at radius 2 is 1.06 bits per heavy atom. The topological polar surface area (TPSA) is 172 Å². The first-order chi connectivity index (χ1) is 24.6. The van der Waals surface area contributed by atoms with Crippen LogP contribution in [0.25, 0.3) is 0 Å². The molecule has 0 fully saturated rings. The zero-order valence-corrected chi connectivity index (χ0v) is 32.6. The highest BCUT2D eigenvalue weighted by Gasteiger charge is 2.28. The predicted octanol–water partition coefficient (Wildman–Crippen LogP) is 9.67. The minimum Gasteiger partial charge on any atom is -0.480 e. The number of phosphoric acid groups is 1. The lowest BCUT2D eigenvalue weighted by atomic mass is 10.1. The number of carbonyl (C=O) groups excluding carboxylic acids is 2. The highest BCUT2D eigenvalue weighted by molar-refractivity contribution is 7.47. The highest BCUT2D eigenvalue weighted by Crippen LogP contribution is 2.43. The molecular formula is C39H70NO10P. The Bertz CT molecular complexity index is 1020. The van der Waals surface area contributed by atoms with Gasteiger partial charge in [0.25, 0.3) is 0 Å². The van der Waals surface area contributed by atoms with Crippen LogP contribution < -0.4 is 5.73 Å². The molecule has 0 bridgehead atoms. The predicted molar refractivity (Wildman–Crippen MR) is 203 cm³/mol. The van der Waals surface area contributed by atoms with Gasteiger partial charge in [0.1, 0.15) is 12.6 Å². The third-order valence-electron chi connectivity index (χ3n) is 8.11. The van der Waals surface area contributed by atoms with Gasteiger partial charge in [0.05, 0.1) is 13.2 Å². The molecule has 0 aliphatic rings. The summed E-state index contributed by atoms with van der Waals surface area (Å²) in [5, 5.41) is 8.86. The molecule has 0 rings (SSSR count). The molecule has 1 unspecified atom stereocenters. The zero-order valence-electron chi connectivity index (χ0n) is 31.7. The SMILES string of the molecule is CCCC/C=C\C/C=C\CCCCCCCC(=O)OC[C@H](COP(=O)(O)OC[C@H](N)C(=O)O)OC(=O)CCCCCCC/C=C\CCCCCC. The maximum absolute atomic E-state index is 12.6. The number of nitrogens with two attached hydrogens (primary N) is 1. The van der Waals surface area contributed by atoms with Crippen molar-refractivity contribution in [3.8, 4) is 0 Å². The van der Waals surface area contributed by atoms with Gasteiger partial charge in [-0.15, -0.1) is 0 Å². The van der Waals surface area contributed by atoms with Crippen LogP contribution in [0.1, 0.15) is 162 Å². The molecule has 0 amide bonds. The quantitative estimate of drug-likeness (QED) is 0.0241. The third kappa shape index (κ3) is 34.5. The van der Waals surface area contributed by atoms with Crippen LogP contribution in [0.5, 0.6) is 0 Å². The van der Waals surface area contributed by atoms with Crippen molar-refractivity contribution in [2.45, 2.75) is 174 Å². The highest BCUT2D eigenvalue weighted by atomic mass is 31.2. The van der Waals surface area contributed by atoms with E-state index in [1.807, 2.05) is 0 Å². The van der Waals surface area contributed by atoms with Gasteiger partial charge in [-0.1, -0.05) is 121 Å². The molecule has 0 spiro atoms. The van der Waals surface area contributed by atoms with Gasteiger partial charge in [-0.05, 0) is 64.2 Å². The van der Waals surface area contributed by atoms with Crippen LogP contribution in [0.15, 0.2) is 36.5 Å². The monoisotopic (exact) mass is 743 g/mol. The van der Waals surface area contributed by atoms with Gasteiger partial charge < -0.3 is 25.2 Å². The first kappa shape index (κ1) is 48.7. The van der Waals surface area contributed by atoms with Gasteiger partial charge in [-0.2, -0.15) is 0 Å². The van der Waals surface area contributed by atoms with E-state index in [2.05, 4.69) is 54.8 Å². The van der Waals surface area contributed by atoms with Crippen LogP contribution in [-0.2, 0) is 37.5 Å². The number of esters is 2. The number of carboxylic acids is 1. The zero-order chi connectivity index (χ0) is 37.8. The molecule has 296 valence electrons. The number of rotatable bonds is 36. The normalized spacial score (nSPS) is 14.3. The molecule has 0 radical (unpaired) electrons. The van der Waals surface area contributed by atoms with Crippen LogP contribution in [0.4, 0.5) is 0 Å². The first-order valence-corrected chi connectivity index (χ1v) is 21.0. The van der Waals surface area contributed by atoms with Crippen molar-refractivity contribution in [3.63, 3.8) is 0 Å². The van der Waals surface area contributed by atoms with Crippen molar-refractivity contribution in [1.82, 2.24) is 0 Å². The lowest BCUT2D eigenvalue weighted by Crippen LogP contribution is -2.34. The maximum atomic E-state index is 12.6. The molecule has 4 N–H and O–H groups in total. The summed E-state index contributed by atoms with van der Waals surface area (Å²) >= 11 is 0. The fourth-order valence-corrected chi connectivity index (χ4v) is 5.73. The van der Waals surface area contributed by atoms with Crippen molar-refractivity contribution < 1.29 is 47.5 Å². The first-order valence-electron chi connectivity index (χ1n) is 19.5. The van der Waals surface area contributed by atoms with Crippen molar-refractivity contribution in [3.05, 3.63) is 36.5 Å². The molecule has 0 aliphatic heterocycles. The van der Waals surface area contributed by atoms with Crippen molar-refractivity contribution >= 4 is 25.7 Å². The molecule has 12 heteroatoms. The summed E-state index contributed by atoms with van der Waals surface area (Å²) in [5.74, 6) is -2.41. The molecule has 0 heterocycles. The number of allylic oxidation sites excluding steroid dienone is 6. The van der Waals surface area contributed by atoms with Crippen LogP contribution in [0.3, 0.4) is 0 Å². The summed E-state index contributed by atoms with van der Waals surface area (Å²) in [6.45, 7) is 2.70. The summed E-state index contributed by atoms with van der Waals surface area (Å²) in [4.78, 5) is 45.8. The van der Waals surface area contributed by atoms with Crippen LogP contribution in [0.2, 0.25) is 0 Å². The summed E-state index contributed by atoms with van der Waals surface area (Å²) in [5.41, 5.74) is 5.31. The van der Waals surface area contributed by atoms with E-state index >= 15 is 0 Å². The van der Waals surface area contributed by atoms with Gasteiger partial charge in [0.2, 0.25) is 0 Å². The van der Waals surface area contributed by atoms with E-state index in [0.717, 1.165) is 83.5 Å². The van der Waals surface area contributed by atoms with E-state index in [-0.39, 0.29) is 19.4 Å². The summed E-state index contributed by atoms with van der Waals surface area (Å²) in [6.07, 6.45) is 35.0. The second-order valence-corrected chi connectivity index (χ2v) is 14.5. The standard InChI is InChI=1S/C39H70NO10P/c1-3-5-7-9-11-13-15-17-19-20-22-24-26-28-30-37(41)47-32-35(33-48-51(45,46)49-34-36(40)39(43)44)50-38(42)31-29-27-25-23-21-18-16-14-12-10-8-6-4-2/h9,11,14-17,35-36H,3-8,10,12-13,18-34,40H2,1-2H3,(H,43,44)(H,45,46)/b11-9-,16-14-,17-15-/t35-,36+/m1/s1. The van der Waals surface area contributed by atoms with Crippen LogP contribution >= 0.6 is 7.82 Å². The minimum absolute atomic E-state index is 0.148. The van der Waals surface area contributed by atoms with Gasteiger partial charge in [-0.3, -0.25) is 23.4 Å². The summed E-state index contributed by atoms with van der Waals surface area (Å²) in [7, 11) is -4.71.